The highest BCUT2D eigenvalue weighted by atomic mass is 16.4. The predicted octanol–water partition coefficient (Wildman–Crippen LogP) is -2.51. The van der Waals surface area contributed by atoms with Gasteiger partial charge < -0.3 is 19.7 Å². The molecule has 2 fully saturated rings. The number of carbonyl (C=O) groups excluding carboxylic acids is 1. The fourth-order valence-corrected chi connectivity index (χ4v) is 3.71. The van der Waals surface area contributed by atoms with Crippen LogP contribution < -0.4 is 14.9 Å². The van der Waals surface area contributed by atoms with Crippen LogP contribution in [0, 0.1) is 5.92 Å². The van der Waals surface area contributed by atoms with E-state index in [1.54, 1.807) is 4.90 Å². The van der Waals surface area contributed by atoms with Gasteiger partial charge in [0.25, 0.3) is 0 Å². The Morgan fingerprint density at radius 2 is 1.94 bits per heavy atom. The van der Waals surface area contributed by atoms with E-state index in [4.69, 9.17) is 0 Å². The van der Waals surface area contributed by atoms with Crippen LogP contribution in [0.5, 0.6) is 0 Å². The quantitative estimate of drug-likeness (QED) is 0.583. The van der Waals surface area contributed by atoms with Gasteiger partial charge in [0.15, 0.2) is 0 Å². The van der Waals surface area contributed by atoms with Gasteiger partial charge in [0, 0.05) is 18.8 Å². The fraction of sp³-hybridized carbons (Fsp3) is 0.929. The van der Waals surface area contributed by atoms with E-state index in [-0.39, 0.29) is 5.92 Å². The smallest absolute Gasteiger partial charge is 0.0983 e. The first-order valence-electron chi connectivity index (χ1n) is 7.59. The summed E-state index contributed by atoms with van der Waals surface area (Å²) in [4.78, 5) is 14.3. The lowest BCUT2D eigenvalue weighted by Gasteiger charge is -2.38. The van der Waals surface area contributed by atoms with Gasteiger partial charge >= 0.3 is 0 Å². The molecule has 0 aromatic rings. The maximum absolute atomic E-state index is 11.0. The van der Waals surface area contributed by atoms with Gasteiger partial charge in [-0.25, -0.2) is 0 Å². The summed E-state index contributed by atoms with van der Waals surface area (Å²) in [6.45, 7) is 8.06. The molecule has 0 bridgehead atoms. The van der Waals surface area contributed by atoms with Gasteiger partial charge in [0.2, 0.25) is 0 Å². The van der Waals surface area contributed by atoms with E-state index in [2.05, 4.69) is 6.92 Å². The molecule has 0 saturated carbocycles. The van der Waals surface area contributed by atoms with Crippen LogP contribution in [0.15, 0.2) is 0 Å². The second-order valence-electron chi connectivity index (χ2n) is 6.04. The van der Waals surface area contributed by atoms with Crippen molar-refractivity contribution in [2.75, 3.05) is 32.7 Å². The summed E-state index contributed by atoms with van der Waals surface area (Å²) in [6.07, 6.45) is 5.68. The number of carboxylic acids is 1. The minimum atomic E-state index is -0.832. The van der Waals surface area contributed by atoms with Crippen LogP contribution >= 0.6 is 0 Å². The van der Waals surface area contributed by atoms with Crippen LogP contribution in [0.3, 0.4) is 0 Å². The van der Waals surface area contributed by atoms with Gasteiger partial charge in [0.1, 0.15) is 0 Å². The molecule has 2 saturated heterocycles. The average molecular weight is 255 g/mol. The molecule has 0 aromatic heterocycles. The summed E-state index contributed by atoms with van der Waals surface area (Å²) in [6, 6.07) is 0.702. The number of rotatable bonds is 4. The molecular formula is C14H27N2O2+. The minimum absolute atomic E-state index is 0.199. The zero-order chi connectivity index (χ0) is 13.0. The molecule has 0 radical (unpaired) electrons. The van der Waals surface area contributed by atoms with E-state index < -0.39 is 5.97 Å². The first-order valence-corrected chi connectivity index (χ1v) is 7.59. The molecule has 0 aromatic carbocycles. The number of nitrogens with one attached hydrogen (secondary N) is 2. The first kappa shape index (κ1) is 13.8. The van der Waals surface area contributed by atoms with Crippen molar-refractivity contribution in [3.05, 3.63) is 0 Å². The molecule has 2 rings (SSSR count). The molecule has 18 heavy (non-hydrogen) atoms. The highest BCUT2D eigenvalue weighted by Gasteiger charge is 2.33. The third-order valence-electron chi connectivity index (χ3n) is 4.77. The first-order chi connectivity index (χ1) is 8.70. The van der Waals surface area contributed by atoms with Crippen LogP contribution in [-0.2, 0) is 4.79 Å². The van der Waals surface area contributed by atoms with E-state index in [1.165, 1.54) is 43.8 Å². The van der Waals surface area contributed by atoms with E-state index in [9.17, 15) is 9.90 Å². The number of piperidine rings is 2. The molecule has 2 atom stereocenters. The lowest BCUT2D eigenvalue weighted by molar-refractivity contribution is -0.962. The normalized spacial score (nSPS) is 37.4. The second-order valence-corrected chi connectivity index (χ2v) is 6.04. The van der Waals surface area contributed by atoms with Crippen molar-refractivity contribution in [2.24, 2.45) is 5.92 Å². The van der Waals surface area contributed by atoms with Crippen molar-refractivity contribution in [2.45, 2.75) is 45.1 Å². The molecule has 4 heteroatoms. The molecule has 2 N–H and O–H groups in total. The summed E-state index contributed by atoms with van der Waals surface area (Å²) >= 11 is 0. The van der Waals surface area contributed by atoms with Gasteiger partial charge in [-0.05, 0) is 19.3 Å². The Morgan fingerprint density at radius 3 is 2.56 bits per heavy atom. The van der Waals surface area contributed by atoms with Crippen LogP contribution in [0.2, 0.25) is 0 Å². The molecule has 104 valence electrons. The summed E-state index contributed by atoms with van der Waals surface area (Å²) in [5, 5.41) is 11.0. The Bertz CT molecular complexity index is 275. The van der Waals surface area contributed by atoms with Crippen molar-refractivity contribution < 1.29 is 19.7 Å². The molecule has 2 aliphatic rings. The van der Waals surface area contributed by atoms with Crippen LogP contribution in [-0.4, -0.2) is 44.7 Å². The minimum Gasteiger partial charge on any atom is -0.550 e. The molecule has 1 unspecified atom stereocenters. The number of likely N-dealkylation sites (tertiary alicyclic amines) is 2. The highest BCUT2D eigenvalue weighted by molar-refractivity contribution is 5.67. The predicted molar refractivity (Wildman–Crippen MR) is 67.3 cm³/mol. The van der Waals surface area contributed by atoms with Crippen molar-refractivity contribution >= 4 is 5.97 Å². The number of quaternary nitrogens is 2. The van der Waals surface area contributed by atoms with Crippen molar-refractivity contribution in [1.82, 2.24) is 0 Å². The fourth-order valence-electron chi connectivity index (χ4n) is 3.71. The standard InChI is InChI=1S/C14H26N2O2/c1-2-7-15-9-5-13(6-10-15)16-8-3-4-12(11-16)14(17)18/h12-13H,2-11H2,1H3,(H,17,18)/p+1/t12-/m0/s1. The molecule has 0 amide bonds. The Labute approximate surface area is 110 Å². The van der Waals surface area contributed by atoms with E-state index in [0.29, 0.717) is 6.04 Å². The summed E-state index contributed by atoms with van der Waals surface area (Å²) in [7, 11) is 0. The van der Waals surface area contributed by atoms with Crippen LogP contribution in [0.25, 0.3) is 0 Å². The average Bonchev–Trinajstić information content (AvgIpc) is 2.40. The Morgan fingerprint density at radius 1 is 1.22 bits per heavy atom. The van der Waals surface area contributed by atoms with Crippen molar-refractivity contribution in [1.29, 1.82) is 0 Å². The highest BCUT2D eigenvalue weighted by Crippen LogP contribution is 2.08. The zero-order valence-electron chi connectivity index (χ0n) is 11.5. The van der Waals surface area contributed by atoms with Gasteiger partial charge in [-0.2, -0.15) is 0 Å². The zero-order valence-corrected chi connectivity index (χ0v) is 11.5. The monoisotopic (exact) mass is 255 g/mol. The Hall–Kier alpha value is -0.610. The molecular weight excluding hydrogens is 228 g/mol. The molecule has 0 aliphatic carbocycles. The second kappa shape index (κ2) is 6.53. The van der Waals surface area contributed by atoms with Crippen LogP contribution in [0.4, 0.5) is 0 Å². The van der Waals surface area contributed by atoms with Gasteiger partial charge in [-0.3, -0.25) is 0 Å². The van der Waals surface area contributed by atoms with Crippen molar-refractivity contribution in [3.63, 3.8) is 0 Å². The van der Waals surface area contributed by atoms with Crippen LogP contribution in [0.1, 0.15) is 39.0 Å². The number of hydrogen-bond donors (Lipinski definition) is 2. The largest absolute Gasteiger partial charge is 0.550 e. The van der Waals surface area contributed by atoms with Gasteiger partial charge in [0.05, 0.1) is 44.7 Å². The summed E-state index contributed by atoms with van der Waals surface area (Å²) in [5.41, 5.74) is 0. The maximum atomic E-state index is 11.0. The Balaban J connectivity index is 1.80. The van der Waals surface area contributed by atoms with E-state index in [0.717, 1.165) is 25.9 Å². The topological polar surface area (TPSA) is 49.0 Å². The van der Waals surface area contributed by atoms with E-state index >= 15 is 0 Å². The van der Waals surface area contributed by atoms with Gasteiger partial charge in [-0.15, -0.1) is 0 Å². The number of carboxylic acid groups (broad SMARTS) is 1. The SMILES string of the molecule is CCC[NH+]1CCC([NH+]2CCC[C@H](C(=O)[O-])C2)CC1. The van der Waals surface area contributed by atoms with Gasteiger partial charge in [-0.1, -0.05) is 6.92 Å². The van der Waals surface area contributed by atoms with Crippen molar-refractivity contribution in [3.8, 4) is 0 Å². The summed E-state index contributed by atoms with van der Waals surface area (Å²) in [5.74, 6) is -1.03. The molecule has 2 heterocycles. The lowest BCUT2D eigenvalue weighted by atomic mass is 9.94. The maximum Gasteiger partial charge on any atom is 0.0983 e. The number of aliphatic carboxylic acids is 1. The molecule has 0 spiro atoms. The van der Waals surface area contributed by atoms with E-state index in [1.807, 2.05) is 0 Å². The Kier molecular flexibility index (Phi) is 5.01. The molecule has 4 nitrogen and oxygen atoms in total. The molecule has 2 aliphatic heterocycles. The lowest BCUT2D eigenvalue weighted by Crippen LogP contribution is -3.21. The number of hydrogen-bond acceptors (Lipinski definition) is 2. The number of carbonyl (C=O) groups is 1. The summed E-state index contributed by atoms with van der Waals surface area (Å²) < 4.78 is 0. The third-order valence-corrected chi connectivity index (χ3v) is 4.77. The third kappa shape index (κ3) is 3.45.